The zero-order chi connectivity index (χ0) is 5.28. The Balaban J connectivity index is 2.50. The molecule has 0 atom stereocenters. The molecule has 0 amide bonds. The molecule has 0 unspecified atom stereocenters. The number of nitrogens with zero attached hydrogens (tertiary/aromatic N) is 2. The molecule has 1 heterocycles. The highest BCUT2D eigenvalue weighted by Gasteiger charge is 2.00. The normalized spacial score (nSPS) is 19.0. The Hall–Kier alpha value is -0.970. The van der Waals surface area contributed by atoms with Gasteiger partial charge in [-0.15, -0.1) is 15.8 Å². The van der Waals surface area contributed by atoms with Crippen molar-refractivity contribution in [1.82, 2.24) is 5.12 Å². The molecule has 0 radical (unpaired) electrons. The lowest BCUT2D eigenvalue weighted by molar-refractivity contribution is -0.968. The van der Waals surface area contributed by atoms with Crippen molar-refractivity contribution < 1.29 is 15.5 Å². The standard InChI is InChI=1S/C2H5N3O2/c1-5-3-2(6)7-4-5/h4H,1H3,(H,3,6). The summed E-state index contributed by atoms with van der Waals surface area (Å²) in [6, 6.07) is 0. The molecule has 40 valence electrons. The van der Waals surface area contributed by atoms with E-state index in [1.165, 1.54) is 10.7 Å². The Morgan fingerprint density at radius 3 is 2.86 bits per heavy atom. The summed E-state index contributed by atoms with van der Waals surface area (Å²) in [6.45, 7) is 0. The van der Waals surface area contributed by atoms with Gasteiger partial charge < -0.3 is 9.94 Å². The molecule has 0 aromatic heterocycles. The molecule has 0 aromatic carbocycles. The largest absolute Gasteiger partial charge is 0.524 e. The van der Waals surface area contributed by atoms with Gasteiger partial charge in [0.1, 0.15) is 0 Å². The highest BCUT2D eigenvalue weighted by atomic mass is 16.8. The van der Waals surface area contributed by atoms with Gasteiger partial charge in [-0.1, -0.05) is 0 Å². The molecule has 0 bridgehead atoms. The average molecular weight is 103 g/mol. The maximum absolute atomic E-state index is 9.99. The zero-order valence-electron chi connectivity index (χ0n) is 3.79. The number of rotatable bonds is 0. The van der Waals surface area contributed by atoms with E-state index in [0.717, 1.165) is 0 Å². The van der Waals surface area contributed by atoms with E-state index in [1.807, 2.05) is 0 Å². The van der Waals surface area contributed by atoms with Gasteiger partial charge in [0, 0.05) is 0 Å². The van der Waals surface area contributed by atoms with Gasteiger partial charge in [0.2, 0.25) is 6.08 Å². The maximum Gasteiger partial charge on any atom is 0.228 e. The van der Waals surface area contributed by atoms with Crippen LogP contribution in [0, 0.1) is 0 Å². The number of hydrogen-bond acceptors (Lipinski definition) is 4. The molecule has 0 aliphatic carbocycles. The predicted octanol–water partition coefficient (Wildman–Crippen LogP) is -3.03. The third kappa shape index (κ3) is 0.716. The Bertz CT molecular complexity index is 101. The van der Waals surface area contributed by atoms with Crippen LogP contribution in [0.2, 0.25) is 0 Å². The summed E-state index contributed by atoms with van der Waals surface area (Å²) in [5, 5.41) is 14.6. The second-order valence-electron chi connectivity index (χ2n) is 1.16. The lowest BCUT2D eigenvalue weighted by atomic mass is 11.3. The molecule has 5 nitrogen and oxygen atoms in total. The fourth-order valence-corrected chi connectivity index (χ4v) is 0.297. The lowest BCUT2D eigenvalue weighted by Gasteiger charge is -1.99. The van der Waals surface area contributed by atoms with E-state index in [9.17, 15) is 5.11 Å². The van der Waals surface area contributed by atoms with E-state index < -0.39 is 6.08 Å². The van der Waals surface area contributed by atoms with Gasteiger partial charge in [0.25, 0.3) is 0 Å². The van der Waals surface area contributed by atoms with E-state index in [-0.39, 0.29) is 0 Å². The monoisotopic (exact) mass is 103 g/mol. The molecule has 1 rings (SSSR count). The summed E-state index contributed by atoms with van der Waals surface area (Å²) in [5.74, 6) is 0. The van der Waals surface area contributed by atoms with Crippen molar-refractivity contribution in [2.45, 2.75) is 0 Å². The van der Waals surface area contributed by atoms with Crippen LogP contribution in [0.25, 0.3) is 0 Å². The first-order valence-corrected chi connectivity index (χ1v) is 1.77. The Morgan fingerprint density at radius 2 is 2.71 bits per heavy atom. The topological polar surface area (TPSA) is 64.5 Å². The number of nitrogens with two attached hydrogens (primary N) is 1. The van der Waals surface area contributed by atoms with Crippen LogP contribution in [0.3, 0.4) is 0 Å². The molecule has 0 aromatic rings. The fraction of sp³-hybridized carbons (Fsp3) is 0.500. The van der Waals surface area contributed by atoms with Crippen LogP contribution in [-0.4, -0.2) is 18.2 Å². The Morgan fingerprint density at radius 1 is 2.00 bits per heavy atom. The van der Waals surface area contributed by atoms with Crippen LogP contribution in [0.15, 0.2) is 5.10 Å². The molecule has 0 spiro atoms. The van der Waals surface area contributed by atoms with Crippen LogP contribution >= 0.6 is 0 Å². The van der Waals surface area contributed by atoms with Gasteiger partial charge in [0.05, 0.1) is 7.05 Å². The minimum Gasteiger partial charge on any atom is -0.524 e. The van der Waals surface area contributed by atoms with Crippen molar-refractivity contribution in [1.29, 1.82) is 0 Å². The summed E-state index contributed by atoms with van der Waals surface area (Å²) in [6.07, 6.45) is -0.553. The van der Waals surface area contributed by atoms with E-state index in [4.69, 9.17) is 0 Å². The van der Waals surface area contributed by atoms with Crippen molar-refractivity contribution in [3.63, 3.8) is 0 Å². The summed E-state index contributed by atoms with van der Waals surface area (Å²) < 4.78 is 0. The molecular weight excluding hydrogens is 98.0 g/mol. The minimum absolute atomic E-state index is 0.553. The van der Waals surface area contributed by atoms with Crippen LogP contribution in [-0.2, 0) is 4.84 Å². The van der Waals surface area contributed by atoms with Gasteiger partial charge in [-0.25, -0.2) is 0 Å². The quantitative estimate of drug-likeness (QED) is 0.332. The second kappa shape index (κ2) is 1.27. The Labute approximate surface area is 40.1 Å². The van der Waals surface area contributed by atoms with Crippen molar-refractivity contribution in [2.24, 2.45) is 5.10 Å². The second-order valence-corrected chi connectivity index (χ2v) is 1.16. The molecule has 2 N–H and O–H groups in total. The number of hydrazone groups is 1. The van der Waals surface area contributed by atoms with Crippen LogP contribution in [0.4, 0.5) is 0 Å². The van der Waals surface area contributed by atoms with Gasteiger partial charge >= 0.3 is 0 Å². The first kappa shape index (κ1) is 4.20. The highest BCUT2D eigenvalue weighted by Crippen LogP contribution is 1.74. The summed E-state index contributed by atoms with van der Waals surface area (Å²) >= 11 is 0. The van der Waals surface area contributed by atoms with E-state index in [2.05, 4.69) is 9.94 Å². The summed E-state index contributed by atoms with van der Waals surface area (Å²) in [5.41, 5.74) is 1.24. The smallest absolute Gasteiger partial charge is 0.228 e. The first-order valence-electron chi connectivity index (χ1n) is 1.77. The van der Waals surface area contributed by atoms with Crippen molar-refractivity contribution in [3.05, 3.63) is 0 Å². The average Bonchev–Trinajstić information content (AvgIpc) is 1.87. The minimum atomic E-state index is -0.553. The third-order valence-electron chi connectivity index (χ3n) is 0.545. The molecular formula is C2H5N3O2. The third-order valence-corrected chi connectivity index (χ3v) is 0.545. The van der Waals surface area contributed by atoms with E-state index >= 15 is 0 Å². The zero-order valence-corrected chi connectivity index (χ0v) is 3.79. The summed E-state index contributed by atoms with van der Waals surface area (Å²) in [4.78, 5) is 4.26. The van der Waals surface area contributed by atoms with Crippen LogP contribution in [0.5, 0.6) is 0 Å². The van der Waals surface area contributed by atoms with Crippen molar-refractivity contribution >= 4 is 6.08 Å². The van der Waals surface area contributed by atoms with E-state index in [0.29, 0.717) is 0 Å². The summed E-state index contributed by atoms with van der Waals surface area (Å²) in [7, 11) is 1.62. The predicted molar refractivity (Wildman–Crippen MR) is 18.2 cm³/mol. The van der Waals surface area contributed by atoms with E-state index in [1.54, 1.807) is 7.05 Å². The van der Waals surface area contributed by atoms with Crippen LogP contribution in [0.1, 0.15) is 0 Å². The molecule has 5 heteroatoms. The fourth-order valence-electron chi connectivity index (χ4n) is 0.297. The van der Waals surface area contributed by atoms with Gasteiger partial charge in [0.15, 0.2) is 0 Å². The number of hydrogen-bond donors (Lipinski definition) is 1. The lowest BCUT2D eigenvalue weighted by Crippen LogP contribution is -2.88. The van der Waals surface area contributed by atoms with Crippen molar-refractivity contribution in [2.75, 3.05) is 7.05 Å². The SMILES string of the molecule is CN1N=C([O-])O[NH2+]1. The molecule has 0 saturated carbocycles. The van der Waals surface area contributed by atoms with Gasteiger partial charge in [-0.05, 0) is 0 Å². The molecule has 1 aliphatic rings. The highest BCUT2D eigenvalue weighted by molar-refractivity contribution is 5.60. The van der Waals surface area contributed by atoms with Crippen molar-refractivity contribution in [3.8, 4) is 0 Å². The van der Waals surface area contributed by atoms with Gasteiger partial charge in [-0.2, -0.15) is 0 Å². The number of quaternary nitrogens is 1. The van der Waals surface area contributed by atoms with Crippen LogP contribution < -0.4 is 10.7 Å². The Kier molecular flexibility index (Phi) is 0.759. The molecule has 1 aliphatic heterocycles. The van der Waals surface area contributed by atoms with Gasteiger partial charge in [-0.3, -0.25) is 0 Å². The molecule has 7 heavy (non-hydrogen) atoms. The molecule has 0 saturated heterocycles. The first-order chi connectivity index (χ1) is 3.29. The molecule has 0 fully saturated rings. The maximum atomic E-state index is 9.99.